The van der Waals surface area contributed by atoms with Crippen molar-refractivity contribution in [3.8, 4) is 11.3 Å². The normalized spacial score (nSPS) is 12.4. The number of rotatable bonds is 12. The Bertz CT molecular complexity index is 1310. The van der Waals surface area contributed by atoms with Gasteiger partial charge in [0.1, 0.15) is 17.5 Å². The van der Waals surface area contributed by atoms with E-state index in [0.717, 1.165) is 48.8 Å². The van der Waals surface area contributed by atoms with Gasteiger partial charge in [-0.2, -0.15) is 0 Å². The summed E-state index contributed by atoms with van der Waals surface area (Å²) in [6.45, 7) is 5.76. The van der Waals surface area contributed by atoms with Crippen LogP contribution in [0.15, 0.2) is 41.3 Å². The molecule has 1 amide bonds. The molecule has 38 heavy (non-hydrogen) atoms. The predicted molar refractivity (Wildman–Crippen MR) is 142 cm³/mol. The third kappa shape index (κ3) is 7.08. The molecule has 0 aliphatic carbocycles. The summed E-state index contributed by atoms with van der Waals surface area (Å²) >= 11 is 1.04. The van der Waals surface area contributed by atoms with Crippen molar-refractivity contribution in [1.82, 2.24) is 4.98 Å². The number of carbonyl (C=O) groups is 2. The summed E-state index contributed by atoms with van der Waals surface area (Å²) in [5.41, 5.74) is -0.143. The standard InChI is InChI=1S/C28H29F3N2O4S/c1-4-6-10-24(37-11-5-2)19-9-7-8-18(25(19)31)23-15-38-28(32-23)33-26(34)17-13-21(29)20(22(30)14-17)12-16(3)27(35)36/h7-9,12-15,24H,4-6,10-11H2,1-3H3,(H,35,36)(H,32,33,34). The highest BCUT2D eigenvalue weighted by Gasteiger charge is 2.21. The van der Waals surface area contributed by atoms with E-state index in [1.807, 2.05) is 6.92 Å². The number of ether oxygens (including phenoxy) is 1. The first-order valence-corrected chi connectivity index (χ1v) is 13.1. The second kappa shape index (κ2) is 13.3. The van der Waals surface area contributed by atoms with Crippen molar-refractivity contribution < 1.29 is 32.6 Å². The van der Waals surface area contributed by atoms with Crippen LogP contribution in [0.4, 0.5) is 18.3 Å². The maximum Gasteiger partial charge on any atom is 0.331 e. The molecule has 202 valence electrons. The number of benzene rings is 2. The molecule has 3 rings (SSSR count). The van der Waals surface area contributed by atoms with Gasteiger partial charge in [0.05, 0.1) is 11.8 Å². The summed E-state index contributed by atoms with van der Waals surface area (Å²) in [5, 5.41) is 13.1. The molecule has 1 unspecified atom stereocenters. The van der Waals surface area contributed by atoms with E-state index < -0.39 is 34.9 Å². The molecule has 0 radical (unpaired) electrons. The van der Waals surface area contributed by atoms with Crippen LogP contribution in [0, 0.1) is 17.5 Å². The Morgan fingerprint density at radius 1 is 1.16 bits per heavy atom. The molecule has 3 aromatic rings. The van der Waals surface area contributed by atoms with Crippen molar-refractivity contribution in [3.63, 3.8) is 0 Å². The second-order valence-corrected chi connectivity index (χ2v) is 9.55. The van der Waals surface area contributed by atoms with E-state index in [1.54, 1.807) is 23.6 Å². The minimum atomic E-state index is -1.32. The number of anilines is 1. The van der Waals surface area contributed by atoms with Crippen LogP contribution >= 0.6 is 11.3 Å². The Labute approximate surface area is 223 Å². The Balaban J connectivity index is 1.82. The number of aliphatic carboxylic acids is 1. The van der Waals surface area contributed by atoms with Gasteiger partial charge in [-0.15, -0.1) is 11.3 Å². The van der Waals surface area contributed by atoms with Crippen LogP contribution < -0.4 is 5.32 Å². The predicted octanol–water partition coefficient (Wildman–Crippen LogP) is 7.63. The maximum absolute atomic E-state index is 15.5. The van der Waals surface area contributed by atoms with E-state index in [-0.39, 0.29) is 27.9 Å². The molecular formula is C28H29F3N2O4S. The number of carboxylic acids is 1. The lowest BCUT2D eigenvalue weighted by molar-refractivity contribution is -0.132. The summed E-state index contributed by atoms with van der Waals surface area (Å²) < 4.78 is 50.3. The van der Waals surface area contributed by atoms with Gasteiger partial charge in [-0.05, 0) is 44.0 Å². The number of unbranched alkanes of at least 4 members (excludes halogenated alkanes) is 1. The molecule has 0 saturated carbocycles. The molecule has 0 aliphatic heterocycles. The Hall–Kier alpha value is -3.50. The fourth-order valence-electron chi connectivity index (χ4n) is 3.73. The van der Waals surface area contributed by atoms with Crippen LogP contribution in [-0.4, -0.2) is 28.6 Å². The maximum atomic E-state index is 15.5. The summed E-state index contributed by atoms with van der Waals surface area (Å²) in [6, 6.07) is 6.64. The zero-order valence-electron chi connectivity index (χ0n) is 21.3. The van der Waals surface area contributed by atoms with E-state index in [2.05, 4.69) is 17.2 Å². The first-order chi connectivity index (χ1) is 18.2. The number of hydrogen-bond donors (Lipinski definition) is 2. The van der Waals surface area contributed by atoms with Gasteiger partial charge in [0.25, 0.3) is 5.91 Å². The summed E-state index contributed by atoms with van der Waals surface area (Å²) in [6.07, 6.45) is 3.82. The molecule has 0 fully saturated rings. The molecule has 1 atom stereocenters. The van der Waals surface area contributed by atoms with Gasteiger partial charge in [-0.3, -0.25) is 10.1 Å². The van der Waals surface area contributed by atoms with E-state index in [9.17, 15) is 18.4 Å². The molecule has 6 nitrogen and oxygen atoms in total. The highest BCUT2D eigenvalue weighted by atomic mass is 32.1. The van der Waals surface area contributed by atoms with Gasteiger partial charge >= 0.3 is 5.97 Å². The van der Waals surface area contributed by atoms with Gasteiger partial charge in [0.2, 0.25) is 0 Å². The molecule has 0 saturated heterocycles. The van der Waals surface area contributed by atoms with Crippen molar-refractivity contribution in [2.75, 3.05) is 11.9 Å². The smallest absolute Gasteiger partial charge is 0.331 e. The number of aromatic nitrogens is 1. The van der Waals surface area contributed by atoms with Crippen LogP contribution in [0.25, 0.3) is 17.3 Å². The van der Waals surface area contributed by atoms with Crippen LogP contribution in [0.3, 0.4) is 0 Å². The van der Waals surface area contributed by atoms with Gasteiger partial charge in [-0.25, -0.2) is 22.9 Å². The Morgan fingerprint density at radius 3 is 2.50 bits per heavy atom. The van der Waals surface area contributed by atoms with Crippen LogP contribution in [0.2, 0.25) is 0 Å². The molecule has 0 bridgehead atoms. The third-order valence-corrected chi connectivity index (χ3v) is 6.52. The first kappa shape index (κ1) is 29.1. The first-order valence-electron chi connectivity index (χ1n) is 12.2. The number of hydrogen-bond acceptors (Lipinski definition) is 5. The van der Waals surface area contributed by atoms with Crippen LogP contribution in [-0.2, 0) is 9.53 Å². The molecule has 0 spiro atoms. The van der Waals surface area contributed by atoms with E-state index in [0.29, 0.717) is 24.3 Å². The number of thiazole rings is 1. The monoisotopic (exact) mass is 546 g/mol. The fourth-order valence-corrected chi connectivity index (χ4v) is 4.44. The van der Waals surface area contributed by atoms with Crippen molar-refractivity contribution in [2.24, 2.45) is 0 Å². The van der Waals surface area contributed by atoms with Crippen molar-refractivity contribution in [2.45, 2.75) is 52.6 Å². The van der Waals surface area contributed by atoms with Gasteiger partial charge in [-0.1, -0.05) is 38.8 Å². The quantitative estimate of drug-likeness (QED) is 0.228. The van der Waals surface area contributed by atoms with Crippen molar-refractivity contribution >= 4 is 34.4 Å². The molecular weight excluding hydrogens is 517 g/mol. The van der Waals surface area contributed by atoms with E-state index in [4.69, 9.17) is 9.84 Å². The van der Waals surface area contributed by atoms with Crippen LogP contribution in [0.1, 0.15) is 74.0 Å². The SMILES string of the molecule is CCCCC(OCCC)c1cccc(-c2csc(NC(=O)c3cc(F)c(C=C(C)C(=O)O)c(F)c3)n2)c1F. The Morgan fingerprint density at radius 2 is 1.87 bits per heavy atom. The molecule has 10 heteroatoms. The number of amides is 1. The topological polar surface area (TPSA) is 88.5 Å². The largest absolute Gasteiger partial charge is 0.478 e. The zero-order chi connectivity index (χ0) is 27.8. The van der Waals surface area contributed by atoms with Crippen molar-refractivity contribution in [1.29, 1.82) is 0 Å². The minimum Gasteiger partial charge on any atom is -0.478 e. The highest BCUT2D eigenvalue weighted by Crippen LogP contribution is 2.33. The number of carbonyl (C=O) groups excluding carboxylic acids is 1. The summed E-state index contributed by atoms with van der Waals surface area (Å²) in [5.74, 6) is -4.76. The lowest BCUT2D eigenvalue weighted by Gasteiger charge is -2.19. The van der Waals surface area contributed by atoms with Gasteiger partial charge < -0.3 is 9.84 Å². The van der Waals surface area contributed by atoms with Gasteiger partial charge in [0.15, 0.2) is 5.13 Å². The molecule has 2 aromatic carbocycles. The minimum absolute atomic E-state index is 0.117. The number of nitrogens with zero attached hydrogens (tertiary/aromatic N) is 1. The molecule has 2 N–H and O–H groups in total. The third-order valence-electron chi connectivity index (χ3n) is 5.76. The molecule has 0 aliphatic rings. The van der Waals surface area contributed by atoms with E-state index in [1.165, 1.54) is 6.92 Å². The van der Waals surface area contributed by atoms with Crippen LogP contribution in [0.5, 0.6) is 0 Å². The average Bonchev–Trinajstić information content (AvgIpc) is 3.34. The summed E-state index contributed by atoms with van der Waals surface area (Å²) in [4.78, 5) is 27.9. The fraction of sp³-hybridized carbons (Fsp3) is 0.321. The second-order valence-electron chi connectivity index (χ2n) is 8.69. The molecule has 1 heterocycles. The number of nitrogens with one attached hydrogen (secondary N) is 1. The van der Waals surface area contributed by atoms with E-state index >= 15 is 4.39 Å². The highest BCUT2D eigenvalue weighted by molar-refractivity contribution is 7.14. The lowest BCUT2D eigenvalue weighted by atomic mass is 9.99. The zero-order valence-corrected chi connectivity index (χ0v) is 22.1. The average molecular weight is 547 g/mol. The summed E-state index contributed by atoms with van der Waals surface area (Å²) in [7, 11) is 0. The molecule has 1 aromatic heterocycles. The van der Waals surface area contributed by atoms with Gasteiger partial charge in [0, 0.05) is 39.8 Å². The van der Waals surface area contributed by atoms with Crippen molar-refractivity contribution in [3.05, 3.63) is 75.4 Å². The number of halogens is 3. The Kier molecular flexibility index (Phi) is 10.2. The lowest BCUT2D eigenvalue weighted by Crippen LogP contribution is -2.13. The number of carboxylic acid groups (broad SMARTS) is 1.